The number of hydrogen-bond acceptors (Lipinski definition) is 4. The van der Waals surface area contributed by atoms with Crippen molar-refractivity contribution in [3.05, 3.63) is 23.8 Å². The Bertz CT molecular complexity index is 750. The monoisotopic (exact) mass is 506 g/mol. The molecule has 1 aliphatic heterocycles. The fraction of sp³-hybridized carbons (Fsp3) is 0.769. The van der Waals surface area contributed by atoms with E-state index in [0.717, 1.165) is 54.7 Å². The zero-order valence-electron chi connectivity index (χ0n) is 21.8. The molecule has 1 aliphatic rings. The van der Waals surface area contributed by atoms with Crippen LogP contribution in [0.25, 0.3) is 0 Å². The maximum Gasteiger partial charge on any atom is 1.00 e. The van der Waals surface area contributed by atoms with E-state index in [-0.39, 0.29) is 62.7 Å². The summed E-state index contributed by atoms with van der Waals surface area (Å²) < 4.78 is 21.8. The summed E-state index contributed by atoms with van der Waals surface area (Å²) in [5.41, 5.74) is 0.731. The summed E-state index contributed by atoms with van der Waals surface area (Å²) in [6.07, 6.45) is 13.2. The van der Waals surface area contributed by atoms with Crippen molar-refractivity contribution in [1.29, 1.82) is 0 Å². The second-order valence-corrected chi connectivity index (χ2v) is 11.9. The Kier molecular flexibility index (Phi) is 14.4. The molecule has 1 aromatic rings. The Balaban J connectivity index is 0.00000544. The van der Waals surface area contributed by atoms with Crippen molar-refractivity contribution in [3.8, 4) is 11.5 Å². The number of ether oxygens (including phenoxy) is 1. The number of phosphoric acid groups is 1. The van der Waals surface area contributed by atoms with Crippen LogP contribution in [0.5, 0.6) is 11.5 Å². The predicted molar refractivity (Wildman–Crippen MR) is 129 cm³/mol. The van der Waals surface area contributed by atoms with Gasteiger partial charge in [0.25, 0.3) is 0 Å². The molecule has 0 aromatic heterocycles. The minimum Gasteiger partial charge on any atom is -0.746 e. The first-order valence-electron chi connectivity index (χ1n) is 12.5. The molecule has 4 unspecified atom stereocenters. The molecule has 0 bridgehead atoms. The molecule has 0 saturated heterocycles. The smallest absolute Gasteiger partial charge is 0.746 e. The number of aryl methyl sites for hydroxylation is 1. The van der Waals surface area contributed by atoms with Crippen LogP contribution >= 0.6 is 7.82 Å². The van der Waals surface area contributed by atoms with Crippen LogP contribution in [0.1, 0.15) is 104 Å². The Morgan fingerprint density at radius 3 is 2.21 bits per heavy atom. The van der Waals surface area contributed by atoms with Gasteiger partial charge in [-0.05, 0) is 74.1 Å². The number of rotatable bonds is 14. The molecular weight excluding hydrogens is 462 g/mol. The first-order valence-corrected chi connectivity index (χ1v) is 14.0. The fourth-order valence-corrected chi connectivity index (χ4v) is 5.11. The van der Waals surface area contributed by atoms with Gasteiger partial charge in [-0.1, -0.05) is 72.6 Å². The molecule has 1 aromatic carbocycles. The molecule has 0 spiro atoms. The zero-order chi connectivity index (χ0) is 23.8. The summed E-state index contributed by atoms with van der Waals surface area (Å²) >= 11 is 0. The molecule has 0 radical (unpaired) electrons. The van der Waals surface area contributed by atoms with Gasteiger partial charge in [-0.25, -0.2) is 0 Å². The molecule has 4 atom stereocenters. The van der Waals surface area contributed by atoms with E-state index >= 15 is 0 Å². The van der Waals surface area contributed by atoms with E-state index < -0.39 is 7.82 Å². The van der Waals surface area contributed by atoms with Gasteiger partial charge in [0.2, 0.25) is 0 Å². The van der Waals surface area contributed by atoms with E-state index in [1.807, 2.05) is 0 Å². The van der Waals surface area contributed by atoms with Gasteiger partial charge in [-0.2, -0.15) is 0 Å². The summed E-state index contributed by atoms with van der Waals surface area (Å²) in [6, 6.07) is 4.90. The average Bonchev–Trinajstić information content (AvgIpc) is 2.66. The molecule has 1 heterocycles. The van der Waals surface area contributed by atoms with Crippen molar-refractivity contribution in [2.75, 3.05) is 0 Å². The van der Waals surface area contributed by atoms with Crippen LogP contribution in [-0.4, -0.2) is 10.5 Å². The first kappa shape index (κ1) is 31.6. The first-order chi connectivity index (χ1) is 15.0. The molecule has 0 saturated carbocycles. The Labute approximate surface area is 244 Å². The van der Waals surface area contributed by atoms with Crippen molar-refractivity contribution in [2.45, 2.75) is 111 Å². The molecule has 0 amide bonds. The number of fused-ring (bicyclic) bond motifs is 1. The molecule has 7 heteroatoms. The van der Waals surface area contributed by atoms with Crippen LogP contribution in [0, 0.1) is 17.8 Å². The SMILES string of the molecule is CC(C)CCCC(C)CCCC(C)CCCC1(C)CCc2cc(OP(=O)([O-])O)ccc2O1.[K+]. The number of benzene rings is 1. The summed E-state index contributed by atoms with van der Waals surface area (Å²) in [6.45, 7) is 11.6. The van der Waals surface area contributed by atoms with Crippen LogP contribution in [-0.2, 0) is 11.0 Å². The van der Waals surface area contributed by atoms with E-state index in [1.54, 1.807) is 12.1 Å². The predicted octanol–water partition coefficient (Wildman–Crippen LogP) is 4.05. The van der Waals surface area contributed by atoms with Crippen molar-refractivity contribution in [2.24, 2.45) is 17.8 Å². The molecule has 184 valence electrons. The fourth-order valence-electron chi connectivity index (χ4n) is 4.73. The summed E-state index contributed by atoms with van der Waals surface area (Å²) in [4.78, 5) is 19.8. The minimum atomic E-state index is -4.79. The van der Waals surface area contributed by atoms with Gasteiger partial charge in [-0.15, -0.1) is 0 Å². The number of phosphoric ester groups is 1. The third-order valence-corrected chi connectivity index (χ3v) is 7.25. The van der Waals surface area contributed by atoms with E-state index in [0.29, 0.717) is 0 Å². The van der Waals surface area contributed by atoms with Crippen LogP contribution in [0.4, 0.5) is 0 Å². The van der Waals surface area contributed by atoms with Gasteiger partial charge in [0.05, 0.1) is 0 Å². The maximum absolute atomic E-state index is 10.9. The molecule has 0 aliphatic carbocycles. The van der Waals surface area contributed by atoms with Gasteiger partial charge in [-0.3, -0.25) is 4.57 Å². The largest absolute Gasteiger partial charge is 1.00 e. The summed E-state index contributed by atoms with van der Waals surface area (Å²) in [7, 11) is -4.79. The van der Waals surface area contributed by atoms with Crippen LogP contribution in [0.3, 0.4) is 0 Å². The second-order valence-electron chi connectivity index (χ2n) is 10.7. The topological polar surface area (TPSA) is 78.8 Å². The van der Waals surface area contributed by atoms with E-state index in [9.17, 15) is 9.46 Å². The van der Waals surface area contributed by atoms with Gasteiger partial charge in [0, 0.05) is 0 Å². The molecule has 5 nitrogen and oxygen atoms in total. The maximum atomic E-state index is 10.9. The molecule has 0 fully saturated rings. The van der Waals surface area contributed by atoms with Crippen molar-refractivity contribution in [1.82, 2.24) is 0 Å². The number of hydrogen-bond donors (Lipinski definition) is 1. The Hall–Kier alpha value is 0.606. The van der Waals surface area contributed by atoms with Crippen LogP contribution < -0.4 is 65.5 Å². The summed E-state index contributed by atoms with van der Waals surface area (Å²) in [5.74, 6) is 3.32. The molecule has 2 rings (SSSR count). The normalized spacial score (nSPS) is 21.3. The third-order valence-electron chi connectivity index (χ3n) is 6.81. The van der Waals surface area contributed by atoms with Gasteiger partial charge in [0.15, 0.2) is 0 Å². The average molecular weight is 507 g/mol. The second kappa shape index (κ2) is 15.0. The standard InChI is InChI=1S/C26H45O5P.K/c1-20(2)9-6-10-21(3)11-7-12-22(4)13-8-17-26(5)18-16-23-19-24(31-32(27,28)29)14-15-25(23)30-26;/h14-15,19-22H,6-13,16-18H2,1-5H3,(H2,27,28,29);/q;+1/p-1. The summed E-state index contributed by atoms with van der Waals surface area (Å²) in [5, 5.41) is 0. The molecule has 33 heavy (non-hydrogen) atoms. The quantitative estimate of drug-likeness (QED) is 0.304. The Morgan fingerprint density at radius 1 is 1.06 bits per heavy atom. The van der Waals surface area contributed by atoms with Crippen molar-refractivity contribution < 1.29 is 75.0 Å². The molecule has 1 N–H and O–H groups in total. The van der Waals surface area contributed by atoms with E-state index in [4.69, 9.17) is 9.63 Å². The van der Waals surface area contributed by atoms with Gasteiger partial charge in [0.1, 0.15) is 17.1 Å². The van der Waals surface area contributed by atoms with E-state index in [1.165, 1.54) is 51.0 Å². The van der Waals surface area contributed by atoms with E-state index in [2.05, 4.69) is 39.1 Å². The molecular formula is C26H44KO5P. The van der Waals surface area contributed by atoms with Crippen LogP contribution in [0.15, 0.2) is 18.2 Å². The van der Waals surface area contributed by atoms with Gasteiger partial charge >= 0.3 is 59.2 Å². The Morgan fingerprint density at radius 2 is 1.64 bits per heavy atom. The van der Waals surface area contributed by atoms with Crippen molar-refractivity contribution in [3.63, 3.8) is 0 Å². The van der Waals surface area contributed by atoms with Crippen molar-refractivity contribution >= 4 is 7.82 Å². The van der Waals surface area contributed by atoms with Gasteiger partial charge < -0.3 is 19.0 Å². The van der Waals surface area contributed by atoms with Crippen LogP contribution in [0.2, 0.25) is 0 Å². The zero-order valence-corrected chi connectivity index (χ0v) is 25.8. The minimum absolute atomic E-state index is 0. The third kappa shape index (κ3) is 12.9.